The van der Waals surface area contributed by atoms with Crippen LogP contribution in [-0.2, 0) is 27.8 Å². The molecule has 0 saturated heterocycles. The molecule has 1 amide bonds. The smallest absolute Gasteiger partial charge is 0.250 e. The summed E-state index contributed by atoms with van der Waals surface area (Å²) >= 11 is 13.4. The fourth-order valence-corrected chi connectivity index (χ4v) is 5.81. The van der Waals surface area contributed by atoms with Crippen LogP contribution in [-0.4, -0.2) is 14.3 Å². The van der Waals surface area contributed by atoms with E-state index in [4.69, 9.17) is 23.2 Å². The van der Waals surface area contributed by atoms with Crippen LogP contribution in [0, 0.1) is 0 Å². The van der Waals surface area contributed by atoms with Gasteiger partial charge in [0.05, 0.1) is 16.6 Å². The van der Waals surface area contributed by atoms with Crippen LogP contribution in [0.5, 0.6) is 0 Å². The van der Waals surface area contributed by atoms with E-state index in [-0.39, 0.29) is 16.2 Å². The van der Waals surface area contributed by atoms with Crippen molar-refractivity contribution in [3.63, 3.8) is 0 Å². The largest absolute Gasteiger partial charge is 0.351 e. The third-order valence-electron chi connectivity index (χ3n) is 4.00. The van der Waals surface area contributed by atoms with E-state index in [1.807, 2.05) is 6.07 Å². The lowest BCUT2D eigenvalue weighted by molar-refractivity contribution is -0.119. The van der Waals surface area contributed by atoms with Gasteiger partial charge in [0.15, 0.2) is 0 Å². The molecule has 1 unspecified atom stereocenters. The van der Waals surface area contributed by atoms with Crippen molar-refractivity contribution in [3.05, 3.63) is 50.3 Å². The van der Waals surface area contributed by atoms with Gasteiger partial charge in [-0.25, -0.2) is 13.1 Å². The van der Waals surface area contributed by atoms with Gasteiger partial charge in [-0.3, -0.25) is 4.79 Å². The average molecular weight is 419 g/mol. The van der Waals surface area contributed by atoms with Crippen LogP contribution < -0.4 is 10.0 Å². The molecule has 1 aliphatic rings. The number of amides is 1. The third-order valence-corrected chi connectivity index (χ3v) is 7.89. The van der Waals surface area contributed by atoms with Gasteiger partial charge in [-0.1, -0.05) is 29.3 Å². The zero-order valence-electron chi connectivity index (χ0n) is 13.3. The number of hydrogen-bond acceptors (Lipinski definition) is 4. The lowest BCUT2D eigenvalue weighted by Crippen LogP contribution is -2.26. The predicted octanol–water partition coefficient (Wildman–Crippen LogP) is 3.66. The number of carbonyl (C=O) groups excluding carboxylic acids is 1. The van der Waals surface area contributed by atoms with Crippen LogP contribution in [0.2, 0.25) is 10.0 Å². The van der Waals surface area contributed by atoms with Gasteiger partial charge in [0.1, 0.15) is 4.21 Å². The number of benzene rings is 1. The Kier molecular flexibility index (Phi) is 5.41. The minimum absolute atomic E-state index is 0.158. The van der Waals surface area contributed by atoms with Gasteiger partial charge in [0.25, 0.3) is 10.0 Å². The number of rotatable bonds is 5. The topological polar surface area (TPSA) is 75.3 Å². The van der Waals surface area contributed by atoms with Gasteiger partial charge >= 0.3 is 0 Å². The molecule has 1 aliphatic carbocycles. The first-order chi connectivity index (χ1) is 11.8. The van der Waals surface area contributed by atoms with E-state index < -0.39 is 10.0 Å². The summed E-state index contributed by atoms with van der Waals surface area (Å²) in [4.78, 5) is 11.7. The van der Waals surface area contributed by atoms with E-state index in [1.165, 1.54) is 6.92 Å². The Morgan fingerprint density at radius 2 is 2.04 bits per heavy atom. The lowest BCUT2D eigenvalue weighted by atomic mass is 10.1. The second kappa shape index (κ2) is 7.25. The first kappa shape index (κ1) is 18.7. The maximum Gasteiger partial charge on any atom is 0.250 e. The summed E-state index contributed by atoms with van der Waals surface area (Å²) in [7, 11) is -3.65. The summed E-state index contributed by atoms with van der Waals surface area (Å²) in [5.41, 5.74) is 1.77. The van der Waals surface area contributed by atoms with E-state index in [0.717, 1.165) is 27.3 Å². The molecule has 25 heavy (non-hydrogen) atoms. The molecule has 1 heterocycles. The second-order valence-electron chi connectivity index (χ2n) is 5.77. The van der Waals surface area contributed by atoms with E-state index in [2.05, 4.69) is 10.0 Å². The summed E-state index contributed by atoms with van der Waals surface area (Å²) in [6.07, 6.45) is 1.32. The molecule has 0 spiro atoms. The molecule has 3 rings (SSSR count). The van der Waals surface area contributed by atoms with Gasteiger partial charge in [-0.15, -0.1) is 11.3 Å². The summed E-state index contributed by atoms with van der Waals surface area (Å²) < 4.78 is 28.3. The molecular weight excluding hydrogens is 403 g/mol. The summed E-state index contributed by atoms with van der Waals surface area (Å²) in [6, 6.07) is 6.44. The van der Waals surface area contributed by atoms with Crippen LogP contribution in [0.15, 0.2) is 28.5 Å². The highest BCUT2D eigenvalue weighted by Crippen LogP contribution is 2.39. The molecule has 0 fully saturated rings. The SMILES string of the molecule is CC(=O)NCc1ccc(S(=O)(=O)NC2CCc3c2ccc(Cl)c3Cl)s1. The molecule has 1 atom stereocenters. The van der Waals surface area contributed by atoms with Crippen molar-refractivity contribution in [2.24, 2.45) is 0 Å². The number of halogens is 2. The van der Waals surface area contributed by atoms with Crippen LogP contribution in [0.25, 0.3) is 0 Å². The van der Waals surface area contributed by atoms with Crippen molar-refractivity contribution in [1.82, 2.24) is 10.0 Å². The number of fused-ring (bicyclic) bond motifs is 1. The highest BCUT2D eigenvalue weighted by molar-refractivity contribution is 7.91. The zero-order valence-corrected chi connectivity index (χ0v) is 16.5. The van der Waals surface area contributed by atoms with Gasteiger partial charge in [0.2, 0.25) is 5.91 Å². The van der Waals surface area contributed by atoms with Crippen molar-refractivity contribution in [2.45, 2.75) is 36.6 Å². The van der Waals surface area contributed by atoms with Crippen molar-refractivity contribution in [3.8, 4) is 0 Å². The zero-order chi connectivity index (χ0) is 18.2. The van der Waals surface area contributed by atoms with Gasteiger partial charge in [0, 0.05) is 17.8 Å². The molecule has 134 valence electrons. The highest BCUT2D eigenvalue weighted by Gasteiger charge is 2.30. The number of sulfonamides is 1. The number of hydrogen-bond donors (Lipinski definition) is 2. The van der Waals surface area contributed by atoms with Crippen LogP contribution in [0.3, 0.4) is 0 Å². The van der Waals surface area contributed by atoms with Crippen LogP contribution in [0.4, 0.5) is 0 Å². The fourth-order valence-electron chi connectivity index (χ4n) is 2.81. The number of nitrogens with one attached hydrogen (secondary N) is 2. The molecule has 5 nitrogen and oxygen atoms in total. The molecular formula is C16H16Cl2N2O3S2. The highest BCUT2D eigenvalue weighted by atomic mass is 35.5. The first-order valence-corrected chi connectivity index (χ1v) is 10.7. The molecule has 2 N–H and O–H groups in total. The Hall–Kier alpha value is -1.12. The minimum atomic E-state index is -3.65. The van der Waals surface area contributed by atoms with E-state index in [1.54, 1.807) is 18.2 Å². The van der Waals surface area contributed by atoms with E-state index >= 15 is 0 Å². The summed E-state index contributed by atoms with van der Waals surface area (Å²) in [6.45, 7) is 1.73. The molecule has 1 aromatic heterocycles. The van der Waals surface area contributed by atoms with Gasteiger partial charge in [-0.2, -0.15) is 0 Å². The molecule has 0 bridgehead atoms. The van der Waals surface area contributed by atoms with Crippen molar-refractivity contribution >= 4 is 50.5 Å². The Balaban J connectivity index is 1.78. The maximum atomic E-state index is 12.7. The third kappa shape index (κ3) is 4.01. The summed E-state index contributed by atoms with van der Waals surface area (Å²) in [5, 5.41) is 3.62. The predicted molar refractivity (Wildman–Crippen MR) is 99.7 cm³/mol. The van der Waals surface area contributed by atoms with Gasteiger partial charge in [-0.05, 0) is 42.2 Å². The molecule has 1 aromatic carbocycles. The monoisotopic (exact) mass is 418 g/mol. The Morgan fingerprint density at radius 3 is 2.76 bits per heavy atom. The van der Waals surface area contributed by atoms with Crippen LogP contribution >= 0.6 is 34.5 Å². The maximum absolute atomic E-state index is 12.7. The quantitative estimate of drug-likeness (QED) is 0.777. The minimum Gasteiger partial charge on any atom is -0.351 e. The summed E-state index contributed by atoms with van der Waals surface area (Å²) in [5.74, 6) is -0.158. The standard InChI is InChI=1S/C16H16Cl2N2O3S2/c1-9(21)19-8-10-2-7-15(24-10)25(22,23)20-14-6-4-12-11(14)3-5-13(17)16(12)18/h2-3,5,7,14,20H,4,6,8H2,1H3,(H,19,21). The van der Waals surface area contributed by atoms with E-state index in [9.17, 15) is 13.2 Å². The van der Waals surface area contributed by atoms with E-state index in [0.29, 0.717) is 29.4 Å². The Labute approximate surface area is 160 Å². The van der Waals surface area contributed by atoms with Gasteiger partial charge < -0.3 is 5.32 Å². The van der Waals surface area contributed by atoms with Crippen LogP contribution in [0.1, 0.15) is 35.4 Å². The molecule has 9 heteroatoms. The average Bonchev–Trinajstić information content (AvgIpc) is 3.16. The number of thiophene rings is 1. The molecule has 0 radical (unpaired) electrons. The Bertz CT molecular complexity index is 925. The van der Waals surface area contributed by atoms with Crippen molar-refractivity contribution < 1.29 is 13.2 Å². The Morgan fingerprint density at radius 1 is 1.28 bits per heavy atom. The second-order valence-corrected chi connectivity index (χ2v) is 9.67. The molecule has 0 aliphatic heterocycles. The lowest BCUT2D eigenvalue weighted by Gasteiger charge is -2.14. The van der Waals surface area contributed by atoms with Crippen molar-refractivity contribution in [2.75, 3.05) is 0 Å². The normalized spacial score (nSPS) is 16.7. The fraction of sp³-hybridized carbons (Fsp3) is 0.312. The first-order valence-electron chi connectivity index (χ1n) is 7.60. The molecule has 2 aromatic rings. The molecule has 0 saturated carbocycles. The number of carbonyl (C=O) groups is 1. The van der Waals surface area contributed by atoms with Crippen molar-refractivity contribution in [1.29, 1.82) is 0 Å².